The maximum atomic E-state index is 12.6. The topological polar surface area (TPSA) is 62.7 Å². The fourth-order valence-electron chi connectivity index (χ4n) is 2.92. The van der Waals surface area contributed by atoms with Gasteiger partial charge in [0.05, 0.1) is 0 Å². The molecule has 2 amide bonds. The third-order valence-corrected chi connectivity index (χ3v) is 4.51. The van der Waals surface area contributed by atoms with Crippen LogP contribution in [0.3, 0.4) is 0 Å². The van der Waals surface area contributed by atoms with E-state index in [0.29, 0.717) is 25.4 Å². The molecule has 144 valence electrons. The Balaban J connectivity index is 1.96. The van der Waals surface area contributed by atoms with Crippen molar-refractivity contribution in [3.63, 3.8) is 0 Å². The summed E-state index contributed by atoms with van der Waals surface area (Å²) in [6.45, 7) is 10.1. The minimum atomic E-state index is -0.569. The summed E-state index contributed by atoms with van der Waals surface area (Å²) >= 11 is 0. The highest BCUT2D eigenvalue weighted by atomic mass is 16.6. The summed E-state index contributed by atoms with van der Waals surface area (Å²) in [5.74, 6) is 0.796. The first-order valence-corrected chi connectivity index (χ1v) is 9.39. The molecule has 0 saturated carbocycles. The Bertz CT molecular complexity index is 590. The third kappa shape index (κ3) is 6.65. The lowest BCUT2D eigenvalue weighted by Gasteiger charge is -2.31. The molecular formula is C20H31N3O3. The summed E-state index contributed by atoms with van der Waals surface area (Å²) in [6, 6.07) is 3.73. The van der Waals surface area contributed by atoms with Crippen LogP contribution in [0.15, 0.2) is 24.5 Å². The molecule has 6 heteroatoms. The molecule has 1 fully saturated rings. The number of piperidine rings is 1. The average Bonchev–Trinajstić information content (AvgIpc) is 2.58. The summed E-state index contributed by atoms with van der Waals surface area (Å²) < 4.78 is 5.51. The highest BCUT2D eigenvalue weighted by Gasteiger charge is 2.25. The van der Waals surface area contributed by atoms with Gasteiger partial charge < -0.3 is 14.5 Å². The largest absolute Gasteiger partial charge is 0.444 e. The SMILES string of the molecule is CC1CCN(C(=O)CCN(Cc2ccncc2)C(=O)OC(C)(C)C)CC1. The van der Waals surface area contributed by atoms with Gasteiger partial charge in [0.1, 0.15) is 5.60 Å². The number of pyridine rings is 1. The van der Waals surface area contributed by atoms with E-state index < -0.39 is 11.7 Å². The molecule has 6 nitrogen and oxygen atoms in total. The van der Waals surface area contributed by atoms with Crippen molar-refractivity contribution in [2.45, 2.75) is 59.1 Å². The van der Waals surface area contributed by atoms with Gasteiger partial charge >= 0.3 is 6.09 Å². The van der Waals surface area contributed by atoms with E-state index >= 15 is 0 Å². The monoisotopic (exact) mass is 361 g/mol. The fraction of sp³-hybridized carbons (Fsp3) is 0.650. The predicted octanol–water partition coefficient (Wildman–Crippen LogP) is 3.47. The molecule has 0 spiro atoms. The molecule has 26 heavy (non-hydrogen) atoms. The summed E-state index contributed by atoms with van der Waals surface area (Å²) in [6.07, 6.45) is 5.43. The minimum absolute atomic E-state index is 0.111. The second-order valence-corrected chi connectivity index (χ2v) is 8.07. The zero-order chi connectivity index (χ0) is 19.2. The van der Waals surface area contributed by atoms with Crippen LogP contribution in [-0.2, 0) is 16.1 Å². The van der Waals surface area contributed by atoms with Crippen LogP contribution in [0.4, 0.5) is 4.79 Å². The lowest BCUT2D eigenvalue weighted by Crippen LogP contribution is -2.41. The maximum Gasteiger partial charge on any atom is 0.410 e. The van der Waals surface area contributed by atoms with Crippen LogP contribution in [0.1, 0.15) is 52.5 Å². The molecule has 2 rings (SSSR count). The summed E-state index contributed by atoms with van der Waals surface area (Å²) in [5.41, 5.74) is 0.394. The van der Waals surface area contributed by atoms with Crippen molar-refractivity contribution in [3.8, 4) is 0 Å². The number of rotatable bonds is 5. The molecule has 0 aromatic carbocycles. The Kier molecular flexibility index (Phi) is 7.00. The number of aromatic nitrogens is 1. The van der Waals surface area contributed by atoms with Gasteiger partial charge in [-0.25, -0.2) is 4.79 Å². The zero-order valence-electron chi connectivity index (χ0n) is 16.4. The normalized spacial score (nSPS) is 15.6. The van der Waals surface area contributed by atoms with Crippen molar-refractivity contribution in [2.24, 2.45) is 5.92 Å². The first-order chi connectivity index (χ1) is 12.2. The number of carbonyl (C=O) groups excluding carboxylic acids is 2. The van der Waals surface area contributed by atoms with E-state index in [2.05, 4.69) is 11.9 Å². The average molecular weight is 361 g/mol. The van der Waals surface area contributed by atoms with E-state index in [9.17, 15) is 9.59 Å². The van der Waals surface area contributed by atoms with Gasteiger partial charge in [0.25, 0.3) is 0 Å². The first-order valence-electron chi connectivity index (χ1n) is 9.39. The molecule has 1 aromatic heterocycles. The molecule has 1 aliphatic rings. The van der Waals surface area contributed by atoms with Crippen molar-refractivity contribution < 1.29 is 14.3 Å². The summed E-state index contributed by atoms with van der Waals surface area (Å²) in [7, 11) is 0. The van der Waals surface area contributed by atoms with Gasteiger partial charge in [-0.05, 0) is 57.2 Å². The van der Waals surface area contributed by atoms with E-state index in [4.69, 9.17) is 4.74 Å². The van der Waals surface area contributed by atoms with Gasteiger partial charge in [-0.3, -0.25) is 9.78 Å². The van der Waals surface area contributed by atoms with Crippen molar-refractivity contribution in [3.05, 3.63) is 30.1 Å². The molecule has 0 N–H and O–H groups in total. The standard InChI is InChI=1S/C20H31N3O3/c1-16-7-12-22(13-8-16)18(24)9-14-23(19(25)26-20(2,3)4)15-17-5-10-21-11-6-17/h5-6,10-11,16H,7-9,12-15H2,1-4H3. The van der Waals surface area contributed by atoms with Gasteiger partial charge in [0.15, 0.2) is 0 Å². The van der Waals surface area contributed by atoms with E-state index in [-0.39, 0.29) is 5.91 Å². The van der Waals surface area contributed by atoms with Gasteiger partial charge in [-0.15, -0.1) is 0 Å². The van der Waals surface area contributed by atoms with Crippen LogP contribution in [-0.4, -0.2) is 52.0 Å². The molecule has 1 saturated heterocycles. The number of hydrogen-bond acceptors (Lipinski definition) is 4. The molecule has 0 bridgehead atoms. The van der Waals surface area contributed by atoms with Crippen molar-refractivity contribution in [1.82, 2.24) is 14.8 Å². The lowest BCUT2D eigenvalue weighted by molar-refractivity contribution is -0.132. The second kappa shape index (κ2) is 9.01. The molecule has 0 aliphatic carbocycles. The van der Waals surface area contributed by atoms with E-state index in [0.717, 1.165) is 31.5 Å². The quantitative estimate of drug-likeness (QED) is 0.806. The fourth-order valence-corrected chi connectivity index (χ4v) is 2.92. The van der Waals surface area contributed by atoms with E-state index in [1.165, 1.54) is 0 Å². The van der Waals surface area contributed by atoms with Crippen LogP contribution in [0.5, 0.6) is 0 Å². The predicted molar refractivity (Wildman–Crippen MR) is 100 cm³/mol. The first kappa shape index (κ1) is 20.2. The second-order valence-electron chi connectivity index (χ2n) is 8.07. The Morgan fingerprint density at radius 2 is 1.85 bits per heavy atom. The van der Waals surface area contributed by atoms with E-state index in [1.54, 1.807) is 17.3 Å². The Labute approximate surface area is 156 Å². The number of hydrogen-bond donors (Lipinski definition) is 0. The number of ether oxygens (including phenoxy) is 1. The van der Waals surface area contributed by atoms with Gasteiger partial charge in [-0.1, -0.05) is 6.92 Å². The molecule has 0 atom stereocenters. The number of carbonyl (C=O) groups is 2. The van der Waals surface area contributed by atoms with Gasteiger partial charge in [0.2, 0.25) is 5.91 Å². The Morgan fingerprint density at radius 3 is 2.42 bits per heavy atom. The molecular weight excluding hydrogens is 330 g/mol. The molecule has 1 aromatic rings. The van der Waals surface area contributed by atoms with Crippen molar-refractivity contribution in [1.29, 1.82) is 0 Å². The summed E-state index contributed by atoms with van der Waals surface area (Å²) in [4.78, 5) is 32.6. The smallest absolute Gasteiger partial charge is 0.410 e. The molecule has 2 heterocycles. The van der Waals surface area contributed by atoms with Crippen LogP contribution in [0.25, 0.3) is 0 Å². The van der Waals surface area contributed by atoms with Gasteiger partial charge in [-0.2, -0.15) is 0 Å². The van der Waals surface area contributed by atoms with Crippen molar-refractivity contribution >= 4 is 12.0 Å². The van der Waals surface area contributed by atoms with E-state index in [1.807, 2.05) is 37.8 Å². The Morgan fingerprint density at radius 1 is 1.23 bits per heavy atom. The van der Waals surface area contributed by atoms with Crippen LogP contribution in [0, 0.1) is 5.92 Å². The Hall–Kier alpha value is -2.11. The summed E-state index contributed by atoms with van der Waals surface area (Å²) in [5, 5.41) is 0. The number of nitrogens with zero attached hydrogens (tertiary/aromatic N) is 3. The molecule has 0 unspecified atom stereocenters. The minimum Gasteiger partial charge on any atom is -0.444 e. The lowest BCUT2D eigenvalue weighted by atomic mass is 9.99. The van der Waals surface area contributed by atoms with Gasteiger partial charge in [0, 0.05) is 45.0 Å². The third-order valence-electron chi connectivity index (χ3n) is 4.51. The molecule has 0 radical (unpaired) electrons. The number of amides is 2. The zero-order valence-corrected chi connectivity index (χ0v) is 16.4. The van der Waals surface area contributed by atoms with Crippen LogP contribution in [0.2, 0.25) is 0 Å². The highest BCUT2D eigenvalue weighted by Crippen LogP contribution is 2.17. The maximum absolute atomic E-state index is 12.6. The molecule has 1 aliphatic heterocycles. The van der Waals surface area contributed by atoms with Crippen LogP contribution < -0.4 is 0 Å². The van der Waals surface area contributed by atoms with Crippen molar-refractivity contribution in [2.75, 3.05) is 19.6 Å². The van der Waals surface area contributed by atoms with Crippen LogP contribution >= 0.6 is 0 Å². The highest BCUT2D eigenvalue weighted by molar-refractivity contribution is 5.77. The number of likely N-dealkylation sites (tertiary alicyclic amines) is 1.